The number of aliphatic hydroxyl groups excluding tert-OH is 1. The van der Waals surface area contributed by atoms with Gasteiger partial charge in [0.15, 0.2) is 0 Å². The molecule has 4 fully saturated rings. The van der Waals surface area contributed by atoms with E-state index in [0.717, 1.165) is 56.9 Å². The van der Waals surface area contributed by atoms with Gasteiger partial charge < -0.3 is 14.6 Å². The van der Waals surface area contributed by atoms with Crippen molar-refractivity contribution in [2.24, 2.45) is 28.6 Å². The lowest BCUT2D eigenvalue weighted by Gasteiger charge is -2.63. The summed E-state index contributed by atoms with van der Waals surface area (Å²) in [5, 5.41) is 22.4. The fraction of sp³-hybridized carbons (Fsp3) is 0.792. The SMILES string of the molecule is C[C@]12CC[C@@H](O)C[C@H]1CCC1C2CC[C@]2(C)[C@@H](c3ccc(=O)oc3)CC[C@]12O. The van der Waals surface area contributed by atoms with Crippen molar-refractivity contribution in [1.82, 2.24) is 0 Å². The maximum atomic E-state index is 12.2. The van der Waals surface area contributed by atoms with E-state index in [-0.39, 0.29) is 28.5 Å². The lowest BCUT2D eigenvalue weighted by Crippen LogP contribution is -2.62. The van der Waals surface area contributed by atoms with E-state index in [0.29, 0.717) is 17.8 Å². The molecule has 8 atom stereocenters. The monoisotopic (exact) mass is 386 g/mol. The third kappa shape index (κ3) is 2.40. The first kappa shape index (κ1) is 18.9. The molecule has 28 heavy (non-hydrogen) atoms. The second-order valence-corrected chi connectivity index (χ2v) is 10.8. The number of hydrogen-bond donors (Lipinski definition) is 2. The third-order valence-electron chi connectivity index (χ3n) is 9.95. The van der Waals surface area contributed by atoms with Gasteiger partial charge in [0, 0.05) is 11.5 Å². The smallest absolute Gasteiger partial charge is 0.335 e. The molecule has 4 nitrogen and oxygen atoms in total. The average molecular weight is 387 g/mol. The summed E-state index contributed by atoms with van der Waals surface area (Å²) < 4.78 is 5.17. The van der Waals surface area contributed by atoms with E-state index in [9.17, 15) is 15.0 Å². The molecule has 4 heteroatoms. The van der Waals surface area contributed by atoms with Gasteiger partial charge in [0.1, 0.15) is 0 Å². The van der Waals surface area contributed by atoms with Crippen molar-refractivity contribution < 1.29 is 14.6 Å². The first-order chi connectivity index (χ1) is 13.3. The number of rotatable bonds is 1. The molecule has 4 saturated carbocycles. The molecule has 0 saturated heterocycles. The van der Waals surface area contributed by atoms with Crippen LogP contribution in [0.2, 0.25) is 0 Å². The Labute approximate surface area is 167 Å². The molecule has 0 radical (unpaired) electrons. The van der Waals surface area contributed by atoms with E-state index in [1.54, 1.807) is 6.26 Å². The Hall–Kier alpha value is -1.13. The summed E-state index contributed by atoms with van der Waals surface area (Å²) in [6.45, 7) is 4.73. The summed E-state index contributed by atoms with van der Waals surface area (Å²) in [5.74, 6) is 1.76. The minimum Gasteiger partial charge on any atom is -0.431 e. The fourth-order valence-electron chi connectivity index (χ4n) is 8.30. The summed E-state index contributed by atoms with van der Waals surface area (Å²) in [5.41, 5.74) is 0.219. The number of aliphatic hydroxyl groups is 2. The van der Waals surface area contributed by atoms with Crippen molar-refractivity contribution in [2.45, 2.75) is 89.3 Å². The van der Waals surface area contributed by atoms with Gasteiger partial charge in [-0.2, -0.15) is 0 Å². The Bertz CT molecular complexity index is 797. The van der Waals surface area contributed by atoms with Gasteiger partial charge in [0.2, 0.25) is 0 Å². The Morgan fingerprint density at radius 3 is 2.57 bits per heavy atom. The molecule has 0 aromatic carbocycles. The minimum absolute atomic E-state index is 0.129. The van der Waals surface area contributed by atoms with Crippen LogP contribution in [-0.2, 0) is 0 Å². The predicted molar refractivity (Wildman–Crippen MR) is 107 cm³/mol. The molecule has 0 aliphatic heterocycles. The van der Waals surface area contributed by atoms with Crippen molar-refractivity contribution >= 4 is 0 Å². The van der Waals surface area contributed by atoms with Crippen molar-refractivity contribution in [1.29, 1.82) is 0 Å². The van der Waals surface area contributed by atoms with Gasteiger partial charge >= 0.3 is 5.63 Å². The summed E-state index contributed by atoms with van der Waals surface area (Å²) in [4.78, 5) is 11.4. The largest absolute Gasteiger partial charge is 0.431 e. The number of hydrogen-bond acceptors (Lipinski definition) is 4. The molecule has 1 aromatic rings. The molecule has 5 rings (SSSR count). The highest BCUT2D eigenvalue weighted by Gasteiger charge is 2.67. The van der Waals surface area contributed by atoms with Crippen LogP contribution in [0.15, 0.2) is 27.6 Å². The standard InChI is InChI=1S/C24H34O4/c1-22-10-7-17(25)13-16(22)4-5-20-19(22)8-11-23(2)18(9-12-24(20,23)27)15-3-6-21(26)28-14-15/h3,6,14,16-20,25,27H,4-5,7-13H2,1-2H3/t16-,17-,18-,19?,20?,22+,23-,24+/m1/s1. The third-order valence-corrected chi connectivity index (χ3v) is 9.95. The van der Waals surface area contributed by atoms with Gasteiger partial charge in [-0.15, -0.1) is 0 Å². The lowest BCUT2D eigenvalue weighted by molar-refractivity contribution is -0.205. The number of fused-ring (bicyclic) bond motifs is 5. The quantitative estimate of drug-likeness (QED) is 0.757. The van der Waals surface area contributed by atoms with Crippen LogP contribution in [0.5, 0.6) is 0 Å². The highest BCUT2D eigenvalue weighted by atomic mass is 16.4. The maximum absolute atomic E-state index is 12.2. The molecule has 1 aromatic heterocycles. The zero-order chi connectivity index (χ0) is 19.7. The van der Waals surface area contributed by atoms with E-state index < -0.39 is 5.60 Å². The van der Waals surface area contributed by atoms with Crippen LogP contribution in [0.25, 0.3) is 0 Å². The Morgan fingerprint density at radius 2 is 1.82 bits per heavy atom. The molecular formula is C24H34O4. The summed E-state index contributed by atoms with van der Waals surface area (Å²) in [7, 11) is 0. The van der Waals surface area contributed by atoms with E-state index >= 15 is 0 Å². The van der Waals surface area contributed by atoms with Crippen LogP contribution in [0, 0.1) is 28.6 Å². The molecule has 2 unspecified atom stereocenters. The molecule has 0 bridgehead atoms. The summed E-state index contributed by atoms with van der Waals surface area (Å²) in [6, 6.07) is 3.42. The van der Waals surface area contributed by atoms with Crippen LogP contribution in [0.3, 0.4) is 0 Å². The molecule has 154 valence electrons. The van der Waals surface area contributed by atoms with Crippen molar-refractivity contribution in [3.05, 3.63) is 34.4 Å². The van der Waals surface area contributed by atoms with Crippen molar-refractivity contribution in [3.8, 4) is 0 Å². The fourth-order valence-corrected chi connectivity index (χ4v) is 8.30. The topological polar surface area (TPSA) is 70.7 Å². The molecule has 4 aliphatic carbocycles. The first-order valence-corrected chi connectivity index (χ1v) is 11.3. The highest BCUT2D eigenvalue weighted by molar-refractivity contribution is 5.27. The predicted octanol–water partition coefficient (Wildman–Crippen LogP) is 4.24. The summed E-state index contributed by atoms with van der Waals surface area (Å²) in [6.07, 6.45) is 10.7. The maximum Gasteiger partial charge on any atom is 0.335 e. The second kappa shape index (κ2) is 6.18. The van der Waals surface area contributed by atoms with E-state index in [1.165, 1.54) is 12.5 Å². The Balaban J connectivity index is 1.48. The van der Waals surface area contributed by atoms with Gasteiger partial charge in [-0.1, -0.05) is 13.8 Å². The van der Waals surface area contributed by atoms with Crippen LogP contribution >= 0.6 is 0 Å². The molecule has 4 aliphatic rings. The van der Waals surface area contributed by atoms with Crippen molar-refractivity contribution in [2.75, 3.05) is 0 Å². The van der Waals surface area contributed by atoms with E-state index in [2.05, 4.69) is 13.8 Å². The van der Waals surface area contributed by atoms with Gasteiger partial charge in [-0.25, -0.2) is 4.79 Å². The molecular weight excluding hydrogens is 352 g/mol. The average Bonchev–Trinajstić information content (AvgIpc) is 2.95. The zero-order valence-corrected chi connectivity index (χ0v) is 17.2. The zero-order valence-electron chi connectivity index (χ0n) is 17.2. The van der Waals surface area contributed by atoms with Crippen LogP contribution < -0.4 is 5.63 Å². The van der Waals surface area contributed by atoms with E-state index in [4.69, 9.17) is 4.42 Å². The highest BCUT2D eigenvalue weighted by Crippen LogP contribution is 2.70. The molecule has 2 N–H and O–H groups in total. The molecule has 0 spiro atoms. The molecule has 0 amide bonds. The lowest BCUT2D eigenvalue weighted by atomic mass is 9.43. The van der Waals surface area contributed by atoms with Crippen LogP contribution in [-0.4, -0.2) is 21.9 Å². The van der Waals surface area contributed by atoms with Crippen LogP contribution in [0.4, 0.5) is 0 Å². The second-order valence-electron chi connectivity index (χ2n) is 10.8. The Morgan fingerprint density at radius 1 is 1.00 bits per heavy atom. The summed E-state index contributed by atoms with van der Waals surface area (Å²) >= 11 is 0. The molecule has 1 heterocycles. The Kier molecular flexibility index (Phi) is 4.17. The van der Waals surface area contributed by atoms with Crippen molar-refractivity contribution in [3.63, 3.8) is 0 Å². The van der Waals surface area contributed by atoms with Gasteiger partial charge in [0.25, 0.3) is 0 Å². The van der Waals surface area contributed by atoms with Gasteiger partial charge in [0.05, 0.1) is 18.0 Å². The van der Waals surface area contributed by atoms with Gasteiger partial charge in [-0.3, -0.25) is 0 Å². The van der Waals surface area contributed by atoms with Crippen LogP contribution in [0.1, 0.15) is 83.1 Å². The normalized spacial score (nSPS) is 50.5. The first-order valence-electron chi connectivity index (χ1n) is 11.3. The van der Waals surface area contributed by atoms with E-state index in [1.807, 2.05) is 6.07 Å². The van der Waals surface area contributed by atoms with Gasteiger partial charge in [-0.05, 0) is 98.5 Å². The minimum atomic E-state index is -0.638.